The summed E-state index contributed by atoms with van der Waals surface area (Å²) in [5, 5.41) is 3.96. The van der Waals surface area contributed by atoms with E-state index < -0.39 is 0 Å². The van der Waals surface area contributed by atoms with Crippen LogP contribution in [0, 0.1) is 5.82 Å². The Balaban J connectivity index is 2.20. The smallest absolute Gasteiger partial charge is 0.124 e. The van der Waals surface area contributed by atoms with Crippen LogP contribution in [-0.2, 0) is 12.1 Å². The summed E-state index contributed by atoms with van der Waals surface area (Å²) in [7, 11) is 4.06. The molecule has 0 amide bonds. The Morgan fingerprint density at radius 2 is 1.82 bits per heavy atom. The summed E-state index contributed by atoms with van der Waals surface area (Å²) < 4.78 is 13.2. The van der Waals surface area contributed by atoms with E-state index in [0.29, 0.717) is 11.6 Å². The molecular formula is C18H22ClFN2. The molecular weight excluding hydrogens is 299 g/mol. The van der Waals surface area contributed by atoms with Crippen LogP contribution < -0.4 is 10.2 Å². The first-order valence-electron chi connectivity index (χ1n) is 7.27. The van der Waals surface area contributed by atoms with Gasteiger partial charge in [0.15, 0.2) is 0 Å². The van der Waals surface area contributed by atoms with E-state index >= 15 is 0 Å². The van der Waals surface area contributed by atoms with Crippen LogP contribution in [-0.4, -0.2) is 14.1 Å². The van der Waals surface area contributed by atoms with E-state index in [1.165, 1.54) is 23.4 Å². The molecule has 0 unspecified atom stereocenters. The largest absolute Gasteiger partial charge is 0.377 e. The predicted molar refractivity (Wildman–Crippen MR) is 92.0 cm³/mol. The van der Waals surface area contributed by atoms with Gasteiger partial charge in [0, 0.05) is 36.9 Å². The van der Waals surface area contributed by atoms with Crippen molar-refractivity contribution in [1.82, 2.24) is 5.32 Å². The zero-order chi connectivity index (χ0) is 16.3. The average Bonchev–Trinajstić information content (AvgIpc) is 2.45. The number of hydrogen-bond donors (Lipinski definition) is 1. The van der Waals surface area contributed by atoms with Gasteiger partial charge in [-0.25, -0.2) is 4.39 Å². The minimum absolute atomic E-state index is 0.317. The lowest BCUT2D eigenvalue weighted by molar-refractivity contribution is 0.401. The lowest BCUT2D eigenvalue weighted by Gasteiger charge is -2.29. The van der Waals surface area contributed by atoms with E-state index in [4.69, 9.17) is 11.6 Å². The molecule has 0 saturated heterocycles. The highest BCUT2D eigenvalue weighted by Gasteiger charge is 2.23. The SMILES string of the molecule is CN(C)c1ccccc1CNC(C)(C)c1ccc(F)cc1Cl. The Morgan fingerprint density at radius 1 is 1.14 bits per heavy atom. The van der Waals surface area contributed by atoms with Crippen molar-refractivity contribution in [3.63, 3.8) is 0 Å². The van der Waals surface area contributed by atoms with Crippen molar-refractivity contribution in [3.8, 4) is 0 Å². The maximum Gasteiger partial charge on any atom is 0.124 e. The van der Waals surface area contributed by atoms with Crippen LogP contribution in [0.1, 0.15) is 25.0 Å². The molecule has 0 spiro atoms. The Hall–Kier alpha value is -1.58. The van der Waals surface area contributed by atoms with Crippen LogP contribution >= 0.6 is 11.6 Å². The minimum atomic E-state index is -0.357. The van der Waals surface area contributed by atoms with Crippen LogP contribution in [0.25, 0.3) is 0 Å². The fourth-order valence-electron chi connectivity index (χ4n) is 2.50. The first-order valence-corrected chi connectivity index (χ1v) is 7.65. The molecule has 4 heteroatoms. The highest BCUT2D eigenvalue weighted by molar-refractivity contribution is 6.31. The monoisotopic (exact) mass is 320 g/mol. The molecule has 0 atom stereocenters. The molecule has 1 N–H and O–H groups in total. The molecule has 2 aromatic carbocycles. The fraction of sp³-hybridized carbons (Fsp3) is 0.333. The lowest BCUT2D eigenvalue weighted by atomic mass is 9.93. The molecule has 2 rings (SSSR count). The molecule has 0 aromatic heterocycles. The summed E-state index contributed by atoms with van der Waals surface area (Å²) in [6.07, 6.45) is 0. The predicted octanol–water partition coefficient (Wildman–Crippen LogP) is 4.57. The zero-order valence-electron chi connectivity index (χ0n) is 13.5. The number of para-hydroxylation sites is 1. The summed E-state index contributed by atoms with van der Waals surface area (Å²) in [5.74, 6) is -0.317. The van der Waals surface area contributed by atoms with Crippen molar-refractivity contribution in [3.05, 3.63) is 64.4 Å². The fourth-order valence-corrected chi connectivity index (χ4v) is 2.91. The summed E-state index contributed by atoms with van der Waals surface area (Å²) in [5.41, 5.74) is 2.91. The van der Waals surface area contributed by atoms with E-state index in [1.54, 1.807) is 6.07 Å². The van der Waals surface area contributed by atoms with Crippen molar-refractivity contribution in [2.45, 2.75) is 25.9 Å². The van der Waals surface area contributed by atoms with Crippen molar-refractivity contribution < 1.29 is 4.39 Å². The average molecular weight is 321 g/mol. The maximum atomic E-state index is 13.2. The molecule has 0 radical (unpaired) electrons. The Labute approximate surface area is 136 Å². The van der Waals surface area contributed by atoms with Crippen LogP contribution in [0.2, 0.25) is 5.02 Å². The van der Waals surface area contributed by atoms with Crippen molar-refractivity contribution in [2.75, 3.05) is 19.0 Å². The minimum Gasteiger partial charge on any atom is -0.377 e. The third-order valence-corrected chi connectivity index (χ3v) is 4.11. The van der Waals surface area contributed by atoms with Gasteiger partial charge in [0.05, 0.1) is 0 Å². The number of nitrogens with one attached hydrogen (secondary N) is 1. The quantitative estimate of drug-likeness (QED) is 0.868. The zero-order valence-corrected chi connectivity index (χ0v) is 14.2. The van der Waals surface area contributed by atoms with Gasteiger partial charge in [-0.15, -0.1) is 0 Å². The second kappa shape index (κ2) is 6.67. The molecule has 0 aliphatic heterocycles. The van der Waals surface area contributed by atoms with Crippen molar-refractivity contribution in [2.24, 2.45) is 0 Å². The Morgan fingerprint density at radius 3 is 2.45 bits per heavy atom. The van der Waals surface area contributed by atoms with Crippen molar-refractivity contribution >= 4 is 17.3 Å². The second-order valence-corrected chi connectivity index (χ2v) is 6.53. The third-order valence-electron chi connectivity index (χ3n) is 3.80. The number of anilines is 1. The molecule has 0 saturated carbocycles. The third kappa shape index (κ3) is 3.79. The summed E-state index contributed by atoms with van der Waals surface area (Å²) in [6.45, 7) is 4.80. The molecule has 0 fully saturated rings. The standard InChI is InChI=1S/C18H22ClFN2/c1-18(2,15-10-9-14(20)11-16(15)19)21-12-13-7-5-6-8-17(13)22(3)4/h5-11,21H,12H2,1-4H3. The van der Waals surface area contributed by atoms with Gasteiger partial charge in [-0.05, 0) is 43.2 Å². The van der Waals surface area contributed by atoms with Gasteiger partial charge in [0.25, 0.3) is 0 Å². The van der Waals surface area contributed by atoms with Gasteiger partial charge >= 0.3 is 0 Å². The van der Waals surface area contributed by atoms with E-state index in [-0.39, 0.29) is 11.4 Å². The molecule has 0 aliphatic carbocycles. The Kier molecular flexibility index (Phi) is 5.09. The van der Waals surface area contributed by atoms with Crippen molar-refractivity contribution in [1.29, 1.82) is 0 Å². The first kappa shape index (κ1) is 16.8. The highest BCUT2D eigenvalue weighted by Crippen LogP contribution is 2.29. The molecule has 0 aliphatic rings. The van der Waals surface area contributed by atoms with Gasteiger partial charge in [-0.2, -0.15) is 0 Å². The molecule has 0 bridgehead atoms. The van der Waals surface area contributed by atoms with E-state index in [1.807, 2.05) is 40.1 Å². The van der Waals surface area contributed by atoms with Crippen LogP contribution in [0.15, 0.2) is 42.5 Å². The van der Waals surface area contributed by atoms with Crippen LogP contribution in [0.4, 0.5) is 10.1 Å². The molecule has 0 heterocycles. The van der Waals surface area contributed by atoms with Gasteiger partial charge in [0.1, 0.15) is 5.82 Å². The lowest BCUT2D eigenvalue weighted by Crippen LogP contribution is -2.36. The number of nitrogens with zero attached hydrogens (tertiary/aromatic N) is 1. The number of benzene rings is 2. The highest BCUT2D eigenvalue weighted by atomic mass is 35.5. The maximum absolute atomic E-state index is 13.2. The van der Waals surface area contributed by atoms with Crippen LogP contribution in [0.3, 0.4) is 0 Å². The topological polar surface area (TPSA) is 15.3 Å². The number of rotatable bonds is 5. The molecule has 2 aromatic rings. The van der Waals surface area contributed by atoms with E-state index in [9.17, 15) is 4.39 Å². The van der Waals surface area contributed by atoms with Crippen LogP contribution in [0.5, 0.6) is 0 Å². The summed E-state index contributed by atoms with van der Waals surface area (Å²) in [4.78, 5) is 2.09. The first-order chi connectivity index (χ1) is 10.3. The van der Waals surface area contributed by atoms with Gasteiger partial charge in [-0.3, -0.25) is 0 Å². The Bertz CT molecular complexity index is 653. The molecule has 22 heavy (non-hydrogen) atoms. The van der Waals surface area contributed by atoms with Gasteiger partial charge in [0.2, 0.25) is 0 Å². The van der Waals surface area contributed by atoms with Gasteiger partial charge in [-0.1, -0.05) is 35.9 Å². The van der Waals surface area contributed by atoms with Gasteiger partial charge < -0.3 is 10.2 Å². The second-order valence-electron chi connectivity index (χ2n) is 6.13. The molecule has 2 nitrogen and oxygen atoms in total. The van der Waals surface area contributed by atoms with E-state index in [0.717, 1.165) is 5.56 Å². The molecule has 118 valence electrons. The summed E-state index contributed by atoms with van der Waals surface area (Å²) in [6, 6.07) is 12.8. The number of halogens is 2. The normalized spacial score (nSPS) is 11.5. The van der Waals surface area contributed by atoms with E-state index in [2.05, 4.69) is 22.3 Å². The summed E-state index contributed by atoms with van der Waals surface area (Å²) >= 11 is 6.19. The number of hydrogen-bond acceptors (Lipinski definition) is 2.